The van der Waals surface area contributed by atoms with Crippen molar-refractivity contribution in [2.45, 2.75) is 52.2 Å². The molecule has 0 bridgehead atoms. The summed E-state index contributed by atoms with van der Waals surface area (Å²) in [6, 6.07) is 0. The summed E-state index contributed by atoms with van der Waals surface area (Å²) in [6.45, 7) is 5.72. The number of hydrogen-bond acceptors (Lipinski definition) is 2. The Hall–Kier alpha value is -0.310. The molecular formula is C15H25ClO2. The Bertz CT molecular complexity index is 278. The normalized spacial score (nSPS) is 22.3. The lowest BCUT2D eigenvalue weighted by molar-refractivity contribution is -0.155. The van der Waals surface area contributed by atoms with Gasteiger partial charge in [0.15, 0.2) is 6.29 Å². The van der Waals surface area contributed by atoms with Gasteiger partial charge >= 0.3 is 0 Å². The minimum atomic E-state index is 0.0150. The minimum absolute atomic E-state index is 0.0150. The summed E-state index contributed by atoms with van der Waals surface area (Å²) in [4.78, 5) is 0. The molecule has 1 unspecified atom stereocenters. The van der Waals surface area contributed by atoms with Gasteiger partial charge in [0.1, 0.15) is 0 Å². The first-order chi connectivity index (χ1) is 8.72. The van der Waals surface area contributed by atoms with Gasteiger partial charge in [-0.25, -0.2) is 0 Å². The third kappa shape index (κ3) is 7.20. The quantitative estimate of drug-likeness (QED) is 0.504. The standard InChI is InChI=1S/C15H25ClO2/c1-13(6-5-7-14(2)12-16)9-11-18-15-8-3-4-10-17-15/h7,9,15H,3-6,8,10-12H2,1-2H3/b13-9+,14-7+. The lowest BCUT2D eigenvalue weighted by Crippen LogP contribution is -2.22. The Morgan fingerprint density at radius 2 is 2.11 bits per heavy atom. The molecule has 0 aromatic carbocycles. The topological polar surface area (TPSA) is 18.5 Å². The van der Waals surface area contributed by atoms with Crippen LogP contribution >= 0.6 is 11.6 Å². The maximum Gasteiger partial charge on any atom is 0.157 e. The van der Waals surface area contributed by atoms with E-state index in [1.54, 1.807) is 0 Å². The second-order valence-corrected chi connectivity index (χ2v) is 5.17. The molecule has 0 aromatic rings. The molecule has 18 heavy (non-hydrogen) atoms. The molecule has 0 spiro atoms. The van der Waals surface area contributed by atoms with Gasteiger partial charge in [-0.1, -0.05) is 23.3 Å². The molecule has 1 fully saturated rings. The third-order valence-corrected chi connectivity index (χ3v) is 3.52. The molecular weight excluding hydrogens is 248 g/mol. The van der Waals surface area contributed by atoms with Gasteiger partial charge in [0.05, 0.1) is 6.61 Å². The molecule has 1 aliphatic rings. The molecule has 3 heteroatoms. The molecule has 0 amide bonds. The molecule has 0 aromatic heterocycles. The zero-order valence-electron chi connectivity index (χ0n) is 11.6. The van der Waals surface area contributed by atoms with Crippen LogP contribution in [0.4, 0.5) is 0 Å². The van der Waals surface area contributed by atoms with Crippen molar-refractivity contribution in [1.29, 1.82) is 0 Å². The number of rotatable bonds is 7. The summed E-state index contributed by atoms with van der Waals surface area (Å²) in [6.07, 6.45) is 9.92. The van der Waals surface area contributed by atoms with Gasteiger partial charge in [0.2, 0.25) is 0 Å². The van der Waals surface area contributed by atoms with Gasteiger partial charge in [-0.15, -0.1) is 11.6 Å². The van der Waals surface area contributed by atoms with Crippen LogP contribution in [0.3, 0.4) is 0 Å². The predicted octanol–water partition coefficient (Wildman–Crippen LogP) is 4.44. The molecule has 1 atom stereocenters. The monoisotopic (exact) mass is 272 g/mol. The Kier molecular flexibility index (Phi) is 8.40. The summed E-state index contributed by atoms with van der Waals surface area (Å²) in [5.74, 6) is 0.630. The average Bonchev–Trinajstić information content (AvgIpc) is 2.39. The SMILES string of the molecule is C/C(=C\CC/C(C)=C/COC1CCCCO1)CCl. The van der Waals surface area contributed by atoms with E-state index < -0.39 is 0 Å². The summed E-state index contributed by atoms with van der Waals surface area (Å²) in [5, 5.41) is 0. The van der Waals surface area contributed by atoms with Gasteiger partial charge in [-0.3, -0.25) is 0 Å². The smallest absolute Gasteiger partial charge is 0.157 e. The van der Waals surface area contributed by atoms with E-state index in [1.165, 1.54) is 24.0 Å². The second kappa shape index (κ2) is 9.60. The zero-order valence-corrected chi connectivity index (χ0v) is 12.3. The zero-order chi connectivity index (χ0) is 13.2. The highest BCUT2D eigenvalue weighted by molar-refractivity contribution is 6.19. The van der Waals surface area contributed by atoms with Gasteiger partial charge in [-0.2, -0.15) is 0 Å². The van der Waals surface area contributed by atoms with E-state index in [9.17, 15) is 0 Å². The van der Waals surface area contributed by atoms with Crippen LogP contribution in [-0.2, 0) is 9.47 Å². The lowest BCUT2D eigenvalue weighted by Gasteiger charge is -2.22. The number of halogens is 1. The number of alkyl halides is 1. The highest BCUT2D eigenvalue weighted by atomic mass is 35.5. The van der Waals surface area contributed by atoms with Crippen LogP contribution in [-0.4, -0.2) is 25.4 Å². The first-order valence-corrected chi connectivity index (χ1v) is 7.36. The molecule has 0 aliphatic carbocycles. The fraction of sp³-hybridized carbons (Fsp3) is 0.733. The first-order valence-electron chi connectivity index (χ1n) is 6.83. The maximum absolute atomic E-state index is 5.72. The van der Waals surface area contributed by atoms with Gasteiger partial charge < -0.3 is 9.47 Å². The predicted molar refractivity (Wildman–Crippen MR) is 77.0 cm³/mol. The van der Waals surface area contributed by atoms with Crippen molar-refractivity contribution in [2.75, 3.05) is 19.1 Å². The largest absolute Gasteiger partial charge is 0.353 e. The van der Waals surface area contributed by atoms with Crippen molar-refractivity contribution in [2.24, 2.45) is 0 Å². The van der Waals surface area contributed by atoms with Crippen LogP contribution in [0.15, 0.2) is 23.3 Å². The minimum Gasteiger partial charge on any atom is -0.353 e. The van der Waals surface area contributed by atoms with Gasteiger partial charge in [0, 0.05) is 12.5 Å². The van der Waals surface area contributed by atoms with E-state index in [1.807, 2.05) is 0 Å². The fourth-order valence-electron chi connectivity index (χ4n) is 1.84. The Morgan fingerprint density at radius 1 is 1.28 bits per heavy atom. The average molecular weight is 273 g/mol. The van der Waals surface area contributed by atoms with Crippen molar-refractivity contribution >= 4 is 11.6 Å². The van der Waals surface area contributed by atoms with E-state index in [-0.39, 0.29) is 6.29 Å². The van der Waals surface area contributed by atoms with Crippen LogP contribution in [0.1, 0.15) is 46.0 Å². The van der Waals surface area contributed by atoms with Crippen LogP contribution in [0.5, 0.6) is 0 Å². The number of allylic oxidation sites excluding steroid dienone is 3. The van der Waals surface area contributed by atoms with Crippen LogP contribution in [0, 0.1) is 0 Å². The van der Waals surface area contributed by atoms with Gasteiger partial charge in [0.25, 0.3) is 0 Å². The lowest BCUT2D eigenvalue weighted by atomic mass is 10.1. The fourth-order valence-corrected chi connectivity index (χ4v) is 1.95. The molecule has 104 valence electrons. The highest BCUT2D eigenvalue weighted by Crippen LogP contribution is 2.14. The molecule has 0 N–H and O–H groups in total. The van der Waals surface area contributed by atoms with Crippen molar-refractivity contribution in [3.8, 4) is 0 Å². The van der Waals surface area contributed by atoms with Crippen molar-refractivity contribution in [1.82, 2.24) is 0 Å². The number of ether oxygens (including phenoxy) is 2. The summed E-state index contributed by atoms with van der Waals surface area (Å²) < 4.78 is 11.2. The van der Waals surface area contributed by atoms with Crippen LogP contribution in [0.25, 0.3) is 0 Å². The first kappa shape index (κ1) is 15.7. The summed E-state index contributed by atoms with van der Waals surface area (Å²) in [7, 11) is 0. The van der Waals surface area contributed by atoms with E-state index in [2.05, 4.69) is 26.0 Å². The summed E-state index contributed by atoms with van der Waals surface area (Å²) in [5.41, 5.74) is 2.61. The molecule has 0 saturated carbocycles. The molecule has 2 nitrogen and oxygen atoms in total. The number of hydrogen-bond donors (Lipinski definition) is 0. The summed E-state index contributed by atoms with van der Waals surface area (Å²) >= 11 is 5.72. The molecule has 1 saturated heterocycles. The van der Waals surface area contributed by atoms with Crippen LogP contribution in [0.2, 0.25) is 0 Å². The van der Waals surface area contributed by atoms with Crippen LogP contribution < -0.4 is 0 Å². The highest BCUT2D eigenvalue weighted by Gasteiger charge is 2.12. The van der Waals surface area contributed by atoms with Crippen molar-refractivity contribution in [3.05, 3.63) is 23.3 Å². The molecule has 1 rings (SSSR count). The Balaban J connectivity index is 2.12. The van der Waals surface area contributed by atoms with Crippen molar-refractivity contribution in [3.63, 3.8) is 0 Å². The van der Waals surface area contributed by atoms with E-state index in [0.717, 1.165) is 25.9 Å². The molecule has 1 aliphatic heterocycles. The third-order valence-electron chi connectivity index (χ3n) is 3.09. The van der Waals surface area contributed by atoms with E-state index in [0.29, 0.717) is 12.5 Å². The van der Waals surface area contributed by atoms with Crippen molar-refractivity contribution < 1.29 is 9.47 Å². The van der Waals surface area contributed by atoms with Gasteiger partial charge in [-0.05, 0) is 46.0 Å². The Labute approximate surface area is 116 Å². The maximum atomic E-state index is 5.72. The van der Waals surface area contributed by atoms with E-state index in [4.69, 9.17) is 21.1 Å². The molecule has 0 radical (unpaired) electrons. The second-order valence-electron chi connectivity index (χ2n) is 4.90. The Morgan fingerprint density at radius 3 is 2.78 bits per heavy atom. The van der Waals surface area contributed by atoms with E-state index >= 15 is 0 Å². The molecule has 1 heterocycles.